The Balaban J connectivity index is 2.00. The Hall–Kier alpha value is -1.57. The molecule has 0 N–H and O–H groups in total. The summed E-state index contributed by atoms with van der Waals surface area (Å²) in [6, 6.07) is 3.64. The van der Waals surface area contributed by atoms with E-state index in [-0.39, 0.29) is 5.78 Å². The van der Waals surface area contributed by atoms with Crippen LogP contribution in [0.5, 0.6) is 0 Å². The average Bonchev–Trinajstić information content (AvgIpc) is 2.80. The van der Waals surface area contributed by atoms with Crippen molar-refractivity contribution in [3.8, 4) is 0 Å². The summed E-state index contributed by atoms with van der Waals surface area (Å²) in [5, 5.41) is 0. The first kappa shape index (κ1) is 9.97. The van der Waals surface area contributed by atoms with Crippen LogP contribution in [0.1, 0.15) is 31.4 Å². The highest BCUT2D eigenvalue weighted by Gasteiger charge is 2.09. The van der Waals surface area contributed by atoms with Crippen LogP contribution >= 0.6 is 0 Å². The molecule has 2 nitrogen and oxygen atoms in total. The predicted octanol–water partition coefficient (Wildman–Crippen LogP) is 3.36. The quantitative estimate of drug-likeness (QED) is 0.703. The second kappa shape index (κ2) is 4.78. The van der Waals surface area contributed by atoms with E-state index in [1.807, 2.05) is 12.1 Å². The molecule has 0 spiro atoms. The minimum Gasteiger partial charge on any atom is -0.465 e. The second-order valence-electron chi connectivity index (χ2n) is 3.69. The number of ketones is 1. The Morgan fingerprint density at radius 2 is 2.33 bits per heavy atom. The fourth-order valence-corrected chi connectivity index (χ4v) is 1.71. The van der Waals surface area contributed by atoms with Crippen LogP contribution < -0.4 is 0 Å². The summed E-state index contributed by atoms with van der Waals surface area (Å²) < 4.78 is 5.11. The minimum atomic E-state index is 0.117. The first-order valence-corrected chi connectivity index (χ1v) is 5.31. The Kier molecular flexibility index (Phi) is 3.18. The Bertz CT molecular complexity index is 383. The fourth-order valence-electron chi connectivity index (χ4n) is 1.71. The standard InChI is InChI=1S/C13H14O2/c14-13(11-5-2-1-3-6-11)9-8-12-7-4-10-15-12/h4-5,7-10H,1-3,6H2. The molecule has 0 amide bonds. The smallest absolute Gasteiger partial charge is 0.181 e. The number of furan rings is 1. The van der Waals surface area contributed by atoms with Crippen molar-refractivity contribution in [3.05, 3.63) is 41.9 Å². The van der Waals surface area contributed by atoms with Crippen LogP contribution in [0.3, 0.4) is 0 Å². The summed E-state index contributed by atoms with van der Waals surface area (Å²) in [5.74, 6) is 0.839. The summed E-state index contributed by atoms with van der Waals surface area (Å²) >= 11 is 0. The van der Waals surface area contributed by atoms with Crippen LogP contribution in [0.25, 0.3) is 6.08 Å². The van der Waals surface area contributed by atoms with Gasteiger partial charge in [-0.15, -0.1) is 0 Å². The number of rotatable bonds is 3. The zero-order valence-corrected chi connectivity index (χ0v) is 8.61. The molecule has 0 bridgehead atoms. The van der Waals surface area contributed by atoms with E-state index >= 15 is 0 Å². The molecule has 15 heavy (non-hydrogen) atoms. The monoisotopic (exact) mass is 202 g/mol. The van der Waals surface area contributed by atoms with Gasteiger partial charge in [0.2, 0.25) is 0 Å². The lowest BCUT2D eigenvalue weighted by Crippen LogP contribution is -2.02. The van der Waals surface area contributed by atoms with Gasteiger partial charge in [0.1, 0.15) is 5.76 Å². The molecule has 1 aliphatic carbocycles. The van der Waals surface area contributed by atoms with Gasteiger partial charge in [-0.3, -0.25) is 4.79 Å². The van der Waals surface area contributed by atoms with E-state index in [1.165, 1.54) is 6.42 Å². The molecule has 2 rings (SSSR count). The van der Waals surface area contributed by atoms with Gasteiger partial charge in [0.25, 0.3) is 0 Å². The highest BCUT2D eigenvalue weighted by molar-refractivity contribution is 6.06. The SMILES string of the molecule is O=C(C=Cc1ccco1)C1=CCCCC1. The first-order valence-electron chi connectivity index (χ1n) is 5.31. The number of hydrogen-bond acceptors (Lipinski definition) is 2. The van der Waals surface area contributed by atoms with Crippen molar-refractivity contribution in [2.45, 2.75) is 25.7 Å². The number of hydrogen-bond donors (Lipinski definition) is 0. The van der Waals surface area contributed by atoms with Gasteiger partial charge in [-0.05, 0) is 55.5 Å². The van der Waals surface area contributed by atoms with Crippen molar-refractivity contribution in [1.29, 1.82) is 0 Å². The zero-order valence-electron chi connectivity index (χ0n) is 8.61. The maximum absolute atomic E-state index is 11.7. The molecule has 1 aliphatic rings. The van der Waals surface area contributed by atoms with Crippen molar-refractivity contribution >= 4 is 11.9 Å². The number of carbonyl (C=O) groups is 1. The Morgan fingerprint density at radius 3 is 3.00 bits per heavy atom. The molecule has 0 saturated heterocycles. The van der Waals surface area contributed by atoms with Crippen molar-refractivity contribution in [2.75, 3.05) is 0 Å². The van der Waals surface area contributed by atoms with E-state index in [0.717, 1.165) is 30.6 Å². The van der Waals surface area contributed by atoms with E-state index in [9.17, 15) is 4.79 Å². The third-order valence-electron chi connectivity index (χ3n) is 2.55. The molecular formula is C13H14O2. The molecular weight excluding hydrogens is 188 g/mol. The van der Waals surface area contributed by atoms with E-state index < -0.39 is 0 Å². The normalized spacial score (nSPS) is 16.7. The molecule has 1 aromatic rings. The molecule has 78 valence electrons. The topological polar surface area (TPSA) is 30.2 Å². The average molecular weight is 202 g/mol. The lowest BCUT2D eigenvalue weighted by Gasteiger charge is -2.08. The number of allylic oxidation sites excluding steroid dienone is 3. The minimum absolute atomic E-state index is 0.117. The zero-order chi connectivity index (χ0) is 10.5. The molecule has 0 saturated carbocycles. The molecule has 1 aromatic heterocycles. The van der Waals surface area contributed by atoms with Gasteiger partial charge in [0.05, 0.1) is 6.26 Å². The second-order valence-corrected chi connectivity index (χ2v) is 3.69. The van der Waals surface area contributed by atoms with Gasteiger partial charge in [0, 0.05) is 0 Å². The summed E-state index contributed by atoms with van der Waals surface area (Å²) in [6.45, 7) is 0. The van der Waals surface area contributed by atoms with Gasteiger partial charge >= 0.3 is 0 Å². The molecule has 0 atom stereocenters. The van der Waals surface area contributed by atoms with Gasteiger partial charge < -0.3 is 4.42 Å². The highest BCUT2D eigenvalue weighted by Crippen LogP contribution is 2.18. The van der Waals surface area contributed by atoms with Crippen LogP contribution in [0.15, 0.2) is 40.5 Å². The van der Waals surface area contributed by atoms with Crippen LogP contribution in [-0.4, -0.2) is 5.78 Å². The maximum Gasteiger partial charge on any atom is 0.181 e. The van der Waals surface area contributed by atoms with Crippen molar-refractivity contribution < 1.29 is 9.21 Å². The van der Waals surface area contributed by atoms with E-state index in [4.69, 9.17) is 4.42 Å². The van der Waals surface area contributed by atoms with Gasteiger partial charge in [-0.2, -0.15) is 0 Å². The van der Waals surface area contributed by atoms with Crippen LogP contribution in [0, 0.1) is 0 Å². The van der Waals surface area contributed by atoms with Gasteiger partial charge in [0.15, 0.2) is 5.78 Å². The van der Waals surface area contributed by atoms with Gasteiger partial charge in [-0.1, -0.05) is 6.08 Å². The van der Waals surface area contributed by atoms with E-state index in [1.54, 1.807) is 18.4 Å². The van der Waals surface area contributed by atoms with Crippen LogP contribution in [-0.2, 0) is 4.79 Å². The van der Waals surface area contributed by atoms with Crippen LogP contribution in [0.4, 0.5) is 0 Å². The third-order valence-corrected chi connectivity index (χ3v) is 2.55. The summed E-state index contributed by atoms with van der Waals surface area (Å²) in [7, 11) is 0. The Labute approximate surface area is 89.3 Å². The van der Waals surface area contributed by atoms with Crippen molar-refractivity contribution in [3.63, 3.8) is 0 Å². The largest absolute Gasteiger partial charge is 0.465 e. The maximum atomic E-state index is 11.7. The van der Waals surface area contributed by atoms with Crippen LogP contribution in [0.2, 0.25) is 0 Å². The highest BCUT2D eigenvalue weighted by atomic mass is 16.3. The molecule has 0 unspecified atom stereocenters. The summed E-state index contributed by atoms with van der Waals surface area (Å²) in [6.07, 6.45) is 11.3. The lowest BCUT2D eigenvalue weighted by atomic mass is 9.96. The van der Waals surface area contributed by atoms with Gasteiger partial charge in [-0.25, -0.2) is 0 Å². The molecule has 0 aliphatic heterocycles. The fraction of sp³-hybridized carbons (Fsp3) is 0.308. The molecule has 0 fully saturated rings. The van der Waals surface area contributed by atoms with E-state index in [2.05, 4.69) is 6.08 Å². The Morgan fingerprint density at radius 1 is 1.40 bits per heavy atom. The van der Waals surface area contributed by atoms with E-state index in [0.29, 0.717) is 0 Å². The molecule has 0 radical (unpaired) electrons. The summed E-state index contributed by atoms with van der Waals surface area (Å²) in [4.78, 5) is 11.7. The molecule has 2 heteroatoms. The number of carbonyl (C=O) groups excluding carboxylic acids is 1. The molecule has 0 aromatic carbocycles. The summed E-state index contributed by atoms with van der Waals surface area (Å²) in [5.41, 5.74) is 0.948. The predicted molar refractivity (Wildman–Crippen MR) is 59.3 cm³/mol. The molecule has 1 heterocycles. The van der Waals surface area contributed by atoms with Crippen molar-refractivity contribution in [1.82, 2.24) is 0 Å². The lowest BCUT2D eigenvalue weighted by molar-refractivity contribution is -0.111. The third kappa shape index (κ3) is 2.69. The van der Waals surface area contributed by atoms with Crippen molar-refractivity contribution in [2.24, 2.45) is 0 Å². The first-order chi connectivity index (χ1) is 7.36.